The lowest BCUT2D eigenvalue weighted by Crippen LogP contribution is -2.28. The summed E-state index contributed by atoms with van der Waals surface area (Å²) in [7, 11) is 1.64. The van der Waals surface area contributed by atoms with Crippen LogP contribution < -0.4 is 15.5 Å². The molecular weight excluding hydrogens is 344 g/mol. The highest BCUT2D eigenvalue weighted by Gasteiger charge is 2.09. The molecule has 26 heavy (non-hydrogen) atoms. The van der Waals surface area contributed by atoms with E-state index in [1.54, 1.807) is 11.1 Å². The number of rotatable bonds is 3. The lowest BCUT2D eigenvalue weighted by molar-refractivity contribution is 0.415. The molecule has 0 radical (unpaired) electrons. The number of nitrogens with one attached hydrogen (secondary N) is 2. The Kier molecular flexibility index (Phi) is 5.23. The molecule has 0 saturated carbocycles. The normalized spacial score (nSPS) is 11.5. The zero-order valence-electron chi connectivity index (χ0n) is 15.3. The summed E-state index contributed by atoms with van der Waals surface area (Å²) in [5.74, 6) is 1.35. The number of methoxy groups -OCH3 is 1. The van der Waals surface area contributed by atoms with Crippen molar-refractivity contribution < 1.29 is 4.74 Å². The van der Waals surface area contributed by atoms with Gasteiger partial charge in [-0.1, -0.05) is 35.3 Å². The molecule has 0 aliphatic rings. The summed E-state index contributed by atoms with van der Waals surface area (Å²) in [5, 5.41) is 11.6. The van der Waals surface area contributed by atoms with Crippen molar-refractivity contribution in [3.63, 3.8) is 0 Å². The maximum atomic E-state index is 8.25. The highest BCUT2D eigenvalue weighted by Crippen LogP contribution is 2.22. The third-order valence-corrected chi connectivity index (χ3v) is 4.85. The average Bonchev–Trinajstić information content (AvgIpc) is 2.95. The van der Waals surface area contributed by atoms with Gasteiger partial charge >= 0.3 is 0 Å². The fourth-order valence-corrected chi connectivity index (χ4v) is 3.40. The lowest BCUT2D eigenvalue weighted by Gasteiger charge is -2.12. The van der Waals surface area contributed by atoms with Gasteiger partial charge in [0, 0.05) is 16.6 Å². The monoisotopic (exact) mass is 366 g/mol. The van der Waals surface area contributed by atoms with Crippen molar-refractivity contribution in [1.82, 2.24) is 3.96 Å². The Morgan fingerprint density at radius 2 is 1.92 bits per heavy atom. The van der Waals surface area contributed by atoms with E-state index in [0.29, 0.717) is 11.4 Å². The molecule has 134 valence electrons. The minimum absolute atomic E-state index is 0.395. The predicted octanol–water partition coefficient (Wildman–Crippen LogP) is 4.61. The molecule has 0 fully saturated rings. The number of aryl methyl sites for hydroxylation is 3. The summed E-state index contributed by atoms with van der Waals surface area (Å²) in [4.78, 5) is 5.86. The van der Waals surface area contributed by atoms with E-state index in [2.05, 4.69) is 18.3 Å². The molecule has 0 bridgehead atoms. The molecule has 5 nitrogen and oxygen atoms in total. The van der Waals surface area contributed by atoms with Crippen LogP contribution in [0.2, 0.25) is 0 Å². The fraction of sp³-hybridized carbons (Fsp3) is 0.200. The number of anilines is 1. The summed E-state index contributed by atoms with van der Waals surface area (Å²) < 4.78 is 7.09. The maximum absolute atomic E-state index is 8.25. The molecule has 1 aromatic heterocycles. The molecule has 0 saturated heterocycles. The van der Waals surface area contributed by atoms with E-state index in [-0.39, 0.29) is 0 Å². The van der Waals surface area contributed by atoms with Crippen LogP contribution in [0.5, 0.6) is 5.75 Å². The van der Waals surface area contributed by atoms with Crippen LogP contribution in [0.1, 0.15) is 16.0 Å². The number of nitrogens with zero attached hydrogens (tertiary/aromatic N) is 2. The molecule has 0 atom stereocenters. The Hall–Kier alpha value is -2.86. The zero-order chi connectivity index (χ0) is 18.7. The van der Waals surface area contributed by atoms with Crippen LogP contribution in [-0.2, 0) is 0 Å². The van der Waals surface area contributed by atoms with E-state index in [4.69, 9.17) is 15.1 Å². The van der Waals surface area contributed by atoms with Crippen molar-refractivity contribution >= 4 is 28.9 Å². The standard InChI is InChI=1S/C20H22N4OS/c1-13-8-9-18(14(2)10-13)23-20(24-19(21)11-15(3)26-24)22-16-6-5-7-17(12-16)25-4/h5-12,21H,1-4H3,(H,22,23). The van der Waals surface area contributed by atoms with E-state index in [1.165, 1.54) is 17.1 Å². The Morgan fingerprint density at radius 3 is 2.58 bits per heavy atom. The quantitative estimate of drug-likeness (QED) is 0.525. The first-order valence-electron chi connectivity index (χ1n) is 8.28. The SMILES string of the molecule is COc1cccc(NC(=Nc2ccc(C)cc2C)n2sc(C)cc2=N)c1. The van der Waals surface area contributed by atoms with Crippen LogP contribution in [-0.4, -0.2) is 17.0 Å². The summed E-state index contributed by atoms with van der Waals surface area (Å²) >= 11 is 1.48. The third kappa shape index (κ3) is 4.03. The average molecular weight is 366 g/mol. The predicted molar refractivity (Wildman–Crippen MR) is 108 cm³/mol. The molecule has 0 unspecified atom stereocenters. The van der Waals surface area contributed by atoms with Gasteiger partial charge < -0.3 is 10.1 Å². The van der Waals surface area contributed by atoms with Gasteiger partial charge in [-0.2, -0.15) is 0 Å². The zero-order valence-corrected chi connectivity index (χ0v) is 16.1. The second-order valence-electron chi connectivity index (χ2n) is 6.11. The van der Waals surface area contributed by atoms with Gasteiger partial charge in [-0.3, -0.25) is 5.41 Å². The summed E-state index contributed by atoms with van der Waals surface area (Å²) in [6, 6.07) is 15.6. The van der Waals surface area contributed by atoms with Crippen molar-refractivity contribution in [3.05, 3.63) is 70.0 Å². The van der Waals surface area contributed by atoms with Gasteiger partial charge in [0.05, 0.1) is 12.8 Å². The molecule has 0 spiro atoms. The molecular formula is C20H22N4OS. The first-order valence-corrected chi connectivity index (χ1v) is 9.05. The minimum Gasteiger partial charge on any atom is -0.497 e. The number of hydrogen-bond donors (Lipinski definition) is 2. The number of ether oxygens (including phenoxy) is 1. The van der Waals surface area contributed by atoms with Crippen LogP contribution in [0.4, 0.5) is 11.4 Å². The second kappa shape index (κ2) is 7.58. The Bertz CT molecular complexity index is 1020. The molecule has 2 N–H and O–H groups in total. The van der Waals surface area contributed by atoms with E-state index >= 15 is 0 Å². The molecule has 0 amide bonds. The van der Waals surface area contributed by atoms with Crippen molar-refractivity contribution in [2.45, 2.75) is 20.8 Å². The van der Waals surface area contributed by atoms with Crippen LogP contribution in [0.3, 0.4) is 0 Å². The first kappa shape index (κ1) is 17.9. The summed E-state index contributed by atoms with van der Waals surface area (Å²) in [6.45, 7) is 6.09. The van der Waals surface area contributed by atoms with E-state index in [1.807, 2.05) is 56.3 Å². The number of hydrogen-bond acceptors (Lipinski definition) is 4. The van der Waals surface area contributed by atoms with E-state index in [9.17, 15) is 0 Å². The smallest absolute Gasteiger partial charge is 0.223 e. The van der Waals surface area contributed by atoms with Crippen molar-refractivity contribution in [3.8, 4) is 5.75 Å². The van der Waals surface area contributed by atoms with Gasteiger partial charge in [-0.25, -0.2) is 8.95 Å². The van der Waals surface area contributed by atoms with Crippen LogP contribution in [0.15, 0.2) is 53.5 Å². The third-order valence-electron chi connectivity index (χ3n) is 3.89. The summed E-state index contributed by atoms with van der Waals surface area (Å²) in [6.07, 6.45) is 0. The van der Waals surface area contributed by atoms with Crippen LogP contribution in [0.25, 0.3) is 0 Å². The second-order valence-corrected chi connectivity index (χ2v) is 7.30. The Morgan fingerprint density at radius 1 is 1.12 bits per heavy atom. The van der Waals surface area contributed by atoms with Gasteiger partial charge in [0.15, 0.2) is 0 Å². The molecule has 1 heterocycles. The highest BCUT2D eigenvalue weighted by atomic mass is 32.1. The molecule has 3 aromatic rings. The van der Waals surface area contributed by atoms with E-state index in [0.717, 1.165) is 27.6 Å². The fourth-order valence-electron chi connectivity index (χ4n) is 2.63. The van der Waals surface area contributed by atoms with Gasteiger partial charge in [-0.15, -0.1) is 0 Å². The maximum Gasteiger partial charge on any atom is 0.223 e. The minimum atomic E-state index is 0.395. The van der Waals surface area contributed by atoms with Crippen molar-refractivity contribution in [2.24, 2.45) is 4.99 Å². The summed E-state index contributed by atoms with van der Waals surface area (Å²) in [5.41, 5.74) is 4.41. The Balaban J connectivity index is 2.08. The van der Waals surface area contributed by atoms with Crippen LogP contribution in [0, 0.1) is 26.2 Å². The molecule has 3 rings (SSSR count). The number of aromatic nitrogens is 1. The largest absolute Gasteiger partial charge is 0.497 e. The number of benzene rings is 2. The van der Waals surface area contributed by atoms with Gasteiger partial charge in [0.1, 0.15) is 11.2 Å². The molecule has 2 aromatic carbocycles. The lowest BCUT2D eigenvalue weighted by atomic mass is 10.1. The van der Waals surface area contributed by atoms with Crippen molar-refractivity contribution in [1.29, 1.82) is 5.41 Å². The number of aliphatic imine (C=N–C) groups is 1. The van der Waals surface area contributed by atoms with Gasteiger partial charge in [0.25, 0.3) is 0 Å². The van der Waals surface area contributed by atoms with Gasteiger partial charge in [0.2, 0.25) is 5.96 Å². The molecule has 6 heteroatoms. The highest BCUT2D eigenvalue weighted by molar-refractivity contribution is 7.07. The molecule has 0 aliphatic heterocycles. The first-order chi connectivity index (χ1) is 12.5. The van der Waals surface area contributed by atoms with Crippen molar-refractivity contribution in [2.75, 3.05) is 12.4 Å². The van der Waals surface area contributed by atoms with Gasteiger partial charge in [-0.05, 0) is 50.6 Å². The van der Waals surface area contributed by atoms with Crippen LogP contribution >= 0.6 is 11.5 Å². The molecule has 0 aliphatic carbocycles. The topological polar surface area (TPSA) is 62.4 Å². The Labute approximate surface area is 157 Å². The van der Waals surface area contributed by atoms with E-state index < -0.39 is 0 Å².